The number of halogens is 1. The number of nitrogens with one attached hydrogen (secondary N) is 1. The van der Waals surface area contributed by atoms with Gasteiger partial charge >= 0.3 is 0 Å². The Morgan fingerprint density at radius 1 is 1.18 bits per heavy atom. The lowest BCUT2D eigenvalue weighted by Crippen LogP contribution is -2.37. The van der Waals surface area contributed by atoms with Gasteiger partial charge in [-0.1, -0.05) is 48.9 Å². The minimum Gasteiger partial charge on any atom is -0.481 e. The zero-order valence-electron chi connectivity index (χ0n) is 16.2. The van der Waals surface area contributed by atoms with E-state index in [-0.39, 0.29) is 5.91 Å². The fourth-order valence-corrected chi connectivity index (χ4v) is 3.37. The number of ether oxygens (including phenoxy) is 2. The number of rotatable bonds is 8. The maximum absolute atomic E-state index is 12.5. The summed E-state index contributed by atoms with van der Waals surface area (Å²) in [5.74, 6) is 0.475. The van der Waals surface area contributed by atoms with Gasteiger partial charge in [-0.15, -0.1) is 0 Å². The van der Waals surface area contributed by atoms with Gasteiger partial charge in [0.15, 0.2) is 6.10 Å². The number of carbonyl (C=O) groups excluding carboxylic acids is 1. The van der Waals surface area contributed by atoms with Crippen LogP contribution in [0, 0.1) is 0 Å². The van der Waals surface area contributed by atoms with Crippen LogP contribution in [0.1, 0.15) is 24.5 Å². The fraction of sp³-hybridized carbons (Fsp3) is 0.409. The lowest BCUT2D eigenvalue weighted by atomic mass is 10.1. The quantitative estimate of drug-likeness (QED) is 0.732. The van der Waals surface area contributed by atoms with Crippen molar-refractivity contribution in [1.82, 2.24) is 10.2 Å². The lowest BCUT2D eigenvalue weighted by Gasteiger charge is -2.26. The third-order valence-corrected chi connectivity index (χ3v) is 4.94. The first kappa shape index (κ1) is 20.6. The van der Waals surface area contributed by atoms with Crippen LogP contribution >= 0.6 is 11.6 Å². The highest BCUT2D eigenvalue weighted by molar-refractivity contribution is 6.30. The van der Waals surface area contributed by atoms with E-state index in [1.54, 1.807) is 18.2 Å². The largest absolute Gasteiger partial charge is 0.481 e. The van der Waals surface area contributed by atoms with Crippen molar-refractivity contribution in [3.05, 3.63) is 64.7 Å². The summed E-state index contributed by atoms with van der Waals surface area (Å²) < 4.78 is 11.2. The van der Waals surface area contributed by atoms with Gasteiger partial charge in [0.1, 0.15) is 5.75 Å². The van der Waals surface area contributed by atoms with E-state index in [0.717, 1.165) is 38.4 Å². The zero-order chi connectivity index (χ0) is 19.8. The molecule has 1 amide bonds. The van der Waals surface area contributed by atoms with Crippen LogP contribution in [-0.4, -0.2) is 43.2 Å². The minimum absolute atomic E-state index is 0.124. The second kappa shape index (κ2) is 10.5. The van der Waals surface area contributed by atoms with Crippen LogP contribution in [0.5, 0.6) is 5.75 Å². The molecular weight excluding hydrogens is 376 g/mol. The van der Waals surface area contributed by atoms with Gasteiger partial charge in [-0.25, -0.2) is 0 Å². The second-order valence-corrected chi connectivity index (χ2v) is 7.33. The molecule has 0 unspecified atom stereocenters. The molecule has 1 aliphatic heterocycles. The van der Waals surface area contributed by atoms with E-state index < -0.39 is 6.10 Å². The van der Waals surface area contributed by atoms with Crippen molar-refractivity contribution in [1.29, 1.82) is 0 Å². The molecule has 1 saturated heterocycles. The summed E-state index contributed by atoms with van der Waals surface area (Å²) >= 11 is 5.99. The molecule has 0 aliphatic carbocycles. The fourth-order valence-electron chi connectivity index (χ4n) is 3.19. The first-order chi connectivity index (χ1) is 13.6. The molecule has 2 aromatic carbocycles. The van der Waals surface area contributed by atoms with Crippen molar-refractivity contribution in [2.24, 2.45) is 0 Å². The predicted molar refractivity (Wildman–Crippen MR) is 111 cm³/mol. The number of carbonyl (C=O) groups is 1. The third-order valence-electron chi connectivity index (χ3n) is 4.71. The Hall–Kier alpha value is -2.08. The Morgan fingerprint density at radius 2 is 1.93 bits per heavy atom. The molecule has 0 saturated carbocycles. The molecule has 2 aromatic rings. The highest BCUT2D eigenvalue weighted by atomic mass is 35.5. The molecule has 0 radical (unpaired) electrons. The summed E-state index contributed by atoms with van der Waals surface area (Å²) in [5.41, 5.74) is 2.33. The number of benzene rings is 2. The van der Waals surface area contributed by atoms with Gasteiger partial charge in [-0.2, -0.15) is 0 Å². The smallest absolute Gasteiger partial charge is 0.261 e. The van der Waals surface area contributed by atoms with E-state index in [4.69, 9.17) is 21.1 Å². The number of amides is 1. The van der Waals surface area contributed by atoms with Gasteiger partial charge in [0.25, 0.3) is 5.91 Å². The monoisotopic (exact) mass is 402 g/mol. The van der Waals surface area contributed by atoms with E-state index in [2.05, 4.69) is 22.3 Å². The number of hydrogen-bond donors (Lipinski definition) is 1. The van der Waals surface area contributed by atoms with E-state index >= 15 is 0 Å². The predicted octanol–water partition coefficient (Wildman–Crippen LogP) is 3.65. The molecule has 28 heavy (non-hydrogen) atoms. The molecule has 1 N–H and O–H groups in total. The SMILES string of the molecule is CC[C@@H](Oc1cccc(Cl)c1)C(=O)NCc1cccc(CN2CCOCC2)c1. The molecule has 1 atom stereocenters. The van der Waals surface area contributed by atoms with Crippen LogP contribution in [0.25, 0.3) is 0 Å². The molecule has 150 valence electrons. The summed E-state index contributed by atoms with van der Waals surface area (Å²) in [6, 6.07) is 15.4. The summed E-state index contributed by atoms with van der Waals surface area (Å²) in [6.07, 6.45) is 0.0325. The highest BCUT2D eigenvalue weighted by Crippen LogP contribution is 2.19. The molecule has 0 spiro atoms. The normalized spacial score (nSPS) is 15.8. The van der Waals surface area contributed by atoms with Crippen molar-refractivity contribution in [2.75, 3.05) is 26.3 Å². The standard InChI is InChI=1S/C22H27ClN2O3/c1-2-21(28-20-8-4-7-19(23)14-20)22(26)24-15-17-5-3-6-18(13-17)16-25-9-11-27-12-10-25/h3-8,13-14,21H,2,9-12,15-16H2,1H3,(H,24,26)/t21-/m1/s1. The Balaban J connectivity index is 1.53. The summed E-state index contributed by atoms with van der Waals surface area (Å²) in [6.45, 7) is 6.81. The maximum Gasteiger partial charge on any atom is 0.261 e. The van der Waals surface area contributed by atoms with Gasteiger partial charge in [-0.3, -0.25) is 9.69 Å². The topological polar surface area (TPSA) is 50.8 Å². The van der Waals surface area contributed by atoms with Gasteiger partial charge in [0.2, 0.25) is 0 Å². The van der Waals surface area contributed by atoms with Gasteiger partial charge in [0, 0.05) is 31.2 Å². The van der Waals surface area contributed by atoms with Gasteiger partial charge in [0.05, 0.1) is 13.2 Å². The van der Waals surface area contributed by atoms with E-state index in [1.807, 2.05) is 25.1 Å². The first-order valence-electron chi connectivity index (χ1n) is 9.72. The van der Waals surface area contributed by atoms with Crippen LogP contribution in [0.2, 0.25) is 5.02 Å². The summed E-state index contributed by atoms with van der Waals surface area (Å²) in [4.78, 5) is 14.9. The molecule has 1 aliphatic rings. The lowest BCUT2D eigenvalue weighted by molar-refractivity contribution is -0.128. The van der Waals surface area contributed by atoms with Gasteiger partial charge < -0.3 is 14.8 Å². The number of nitrogens with zero attached hydrogens (tertiary/aromatic N) is 1. The summed E-state index contributed by atoms with van der Waals surface area (Å²) in [5, 5.41) is 3.57. The van der Waals surface area contributed by atoms with Gasteiger partial charge in [-0.05, 0) is 35.7 Å². The van der Waals surface area contributed by atoms with Crippen molar-refractivity contribution in [3.8, 4) is 5.75 Å². The van der Waals surface area contributed by atoms with E-state index in [9.17, 15) is 4.79 Å². The molecule has 5 nitrogen and oxygen atoms in total. The van der Waals surface area contributed by atoms with Crippen LogP contribution in [0.3, 0.4) is 0 Å². The van der Waals surface area contributed by atoms with Crippen molar-refractivity contribution in [2.45, 2.75) is 32.5 Å². The van der Waals surface area contributed by atoms with Crippen LogP contribution in [0.15, 0.2) is 48.5 Å². The first-order valence-corrected chi connectivity index (χ1v) is 10.1. The Labute approximate surface area is 171 Å². The maximum atomic E-state index is 12.5. The Kier molecular flexibility index (Phi) is 7.71. The van der Waals surface area contributed by atoms with Crippen molar-refractivity contribution < 1.29 is 14.3 Å². The molecule has 1 heterocycles. The Bertz CT molecular complexity index is 778. The van der Waals surface area contributed by atoms with Crippen molar-refractivity contribution >= 4 is 17.5 Å². The zero-order valence-corrected chi connectivity index (χ0v) is 17.0. The number of hydrogen-bond acceptors (Lipinski definition) is 4. The van der Waals surface area contributed by atoms with Crippen molar-refractivity contribution in [3.63, 3.8) is 0 Å². The molecular formula is C22H27ClN2O3. The summed E-state index contributed by atoms with van der Waals surface area (Å²) in [7, 11) is 0. The highest BCUT2D eigenvalue weighted by Gasteiger charge is 2.18. The third kappa shape index (κ3) is 6.23. The molecule has 0 aromatic heterocycles. The van der Waals surface area contributed by atoms with Crippen LogP contribution in [-0.2, 0) is 22.6 Å². The van der Waals surface area contributed by atoms with E-state index in [1.165, 1.54) is 5.56 Å². The average Bonchev–Trinajstić information content (AvgIpc) is 2.71. The molecule has 0 bridgehead atoms. The van der Waals surface area contributed by atoms with Crippen LogP contribution < -0.4 is 10.1 Å². The molecule has 1 fully saturated rings. The Morgan fingerprint density at radius 3 is 2.68 bits per heavy atom. The average molecular weight is 403 g/mol. The van der Waals surface area contributed by atoms with Crippen LogP contribution in [0.4, 0.5) is 0 Å². The molecule has 3 rings (SSSR count). The second-order valence-electron chi connectivity index (χ2n) is 6.90. The minimum atomic E-state index is -0.546. The van der Waals surface area contributed by atoms with E-state index in [0.29, 0.717) is 23.7 Å². The molecule has 6 heteroatoms. The number of morpholine rings is 1.